The van der Waals surface area contributed by atoms with Gasteiger partial charge in [0.25, 0.3) is 0 Å². The summed E-state index contributed by atoms with van der Waals surface area (Å²) in [7, 11) is 1.96. The molecule has 0 radical (unpaired) electrons. The number of nitrogens with zero attached hydrogens (tertiary/aromatic N) is 1. The Balaban J connectivity index is 1.65. The molecule has 1 aliphatic heterocycles. The summed E-state index contributed by atoms with van der Waals surface area (Å²) in [5.74, 6) is 1.53. The highest BCUT2D eigenvalue weighted by Gasteiger charge is 2.31. The number of carbonyl (C=O) groups is 1. The van der Waals surface area contributed by atoms with Crippen molar-refractivity contribution in [3.63, 3.8) is 0 Å². The summed E-state index contributed by atoms with van der Waals surface area (Å²) in [6, 6.07) is 0. The van der Waals surface area contributed by atoms with E-state index in [2.05, 4.69) is 5.32 Å². The van der Waals surface area contributed by atoms with Gasteiger partial charge in [-0.1, -0.05) is 0 Å². The quantitative estimate of drug-likeness (QED) is 0.757. The SMILES string of the molecule is CN(CCC1CCCNC1)C(=O)C1CC1. The first-order valence-electron chi connectivity index (χ1n) is 6.23. The van der Waals surface area contributed by atoms with E-state index in [0.29, 0.717) is 11.8 Å². The smallest absolute Gasteiger partial charge is 0.225 e. The van der Waals surface area contributed by atoms with Gasteiger partial charge in [0.2, 0.25) is 5.91 Å². The predicted molar refractivity (Wildman–Crippen MR) is 60.6 cm³/mol. The molecular weight excluding hydrogens is 188 g/mol. The number of nitrogens with one attached hydrogen (secondary N) is 1. The molecule has 0 aromatic carbocycles. The molecule has 3 nitrogen and oxygen atoms in total. The molecule has 3 heteroatoms. The summed E-state index contributed by atoms with van der Waals surface area (Å²) in [5.41, 5.74) is 0. The molecule has 0 aromatic rings. The maximum atomic E-state index is 11.7. The second kappa shape index (κ2) is 4.97. The Morgan fingerprint density at radius 3 is 2.80 bits per heavy atom. The summed E-state index contributed by atoms with van der Waals surface area (Å²) in [5, 5.41) is 3.42. The molecule has 1 saturated heterocycles. The average Bonchev–Trinajstić information content (AvgIpc) is 3.10. The van der Waals surface area contributed by atoms with Crippen molar-refractivity contribution in [3.05, 3.63) is 0 Å². The number of hydrogen-bond acceptors (Lipinski definition) is 2. The Morgan fingerprint density at radius 2 is 2.20 bits per heavy atom. The van der Waals surface area contributed by atoms with Gasteiger partial charge in [0, 0.05) is 19.5 Å². The minimum absolute atomic E-state index is 0.374. The largest absolute Gasteiger partial charge is 0.346 e. The summed E-state index contributed by atoms with van der Waals surface area (Å²) in [4.78, 5) is 13.6. The molecule has 2 rings (SSSR count). The monoisotopic (exact) mass is 210 g/mol. The van der Waals surface area contributed by atoms with Crippen molar-refractivity contribution in [1.29, 1.82) is 0 Å². The highest BCUT2D eigenvalue weighted by atomic mass is 16.2. The van der Waals surface area contributed by atoms with E-state index in [1.165, 1.54) is 25.8 Å². The normalized spacial score (nSPS) is 26.3. The van der Waals surface area contributed by atoms with Crippen LogP contribution in [0.4, 0.5) is 0 Å². The van der Waals surface area contributed by atoms with Crippen LogP contribution in [0.2, 0.25) is 0 Å². The number of rotatable bonds is 4. The van der Waals surface area contributed by atoms with Crippen LogP contribution in [0.3, 0.4) is 0 Å². The lowest BCUT2D eigenvalue weighted by molar-refractivity contribution is -0.131. The van der Waals surface area contributed by atoms with Crippen LogP contribution in [0.25, 0.3) is 0 Å². The molecule has 1 amide bonds. The van der Waals surface area contributed by atoms with Crippen molar-refractivity contribution in [2.75, 3.05) is 26.7 Å². The van der Waals surface area contributed by atoms with E-state index < -0.39 is 0 Å². The second-order valence-electron chi connectivity index (χ2n) is 5.04. The number of hydrogen-bond donors (Lipinski definition) is 1. The first-order valence-corrected chi connectivity index (χ1v) is 6.23. The Hall–Kier alpha value is -0.570. The molecule has 1 aliphatic carbocycles. The highest BCUT2D eigenvalue weighted by molar-refractivity contribution is 5.80. The third-order valence-corrected chi connectivity index (χ3v) is 3.57. The van der Waals surface area contributed by atoms with Crippen LogP contribution in [-0.2, 0) is 4.79 Å². The first kappa shape index (κ1) is 10.9. The minimum atomic E-state index is 0.374. The van der Waals surface area contributed by atoms with Crippen molar-refractivity contribution < 1.29 is 4.79 Å². The lowest BCUT2D eigenvalue weighted by Gasteiger charge is -2.25. The summed E-state index contributed by atoms with van der Waals surface area (Å²) >= 11 is 0. The van der Waals surface area contributed by atoms with Crippen molar-refractivity contribution in [2.45, 2.75) is 32.1 Å². The van der Waals surface area contributed by atoms with Gasteiger partial charge in [-0.05, 0) is 51.1 Å². The van der Waals surface area contributed by atoms with Crippen LogP contribution < -0.4 is 5.32 Å². The van der Waals surface area contributed by atoms with E-state index in [4.69, 9.17) is 0 Å². The standard InChI is InChI=1S/C12H22N2O/c1-14(12(15)11-4-5-11)8-6-10-3-2-7-13-9-10/h10-11,13H,2-9H2,1H3. The van der Waals surface area contributed by atoms with Gasteiger partial charge in [0.1, 0.15) is 0 Å². The number of amides is 1. The van der Waals surface area contributed by atoms with Crippen molar-refractivity contribution in [1.82, 2.24) is 10.2 Å². The van der Waals surface area contributed by atoms with Crippen molar-refractivity contribution >= 4 is 5.91 Å². The van der Waals surface area contributed by atoms with Crippen LogP contribution in [0.1, 0.15) is 32.1 Å². The zero-order valence-corrected chi connectivity index (χ0v) is 9.67. The fraction of sp³-hybridized carbons (Fsp3) is 0.917. The molecule has 1 unspecified atom stereocenters. The van der Waals surface area contributed by atoms with E-state index in [1.54, 1.807) is 0 Å². The van der Waals surface area contributed by atoms with E-state index in [1.807, 2.05) is 11.9 Å². The summed E-state index contributed by atoms with van der Waals surface area (Å²) in [6.07, 6.45) is 6.04. The molecule has 2 fully saturated rings. The molecule has 0 bridgehead atoms. The topological polar surface area (TPSA) is 32.3 Å². The molecular formula is C12H22N2O. The molecule has 1 saturated carbocycles. The second-order valence-corrected chi connectivity index (χ2v) is 5.04. The van der Waals surface area contributed by atoms with Crippen molar-refractivity contribution in [2.24, 2.45) is 11.8 Å². The van der Waals surface area contributed by atoms with Gasteiger partial charge in [-0.25, -0.2) is 0 Å². The average molecular weight is 210 g/mol. The summed E-state index contributed by atoms with van der Waals surface area (Å²) in [6.45, 7) is 3.26. The van der Waals surface area contributed by atoms with Crippen LogP contribution in [0.5, 0.6) is 0 Å². The molecule has 0 aromatic heterocycles. The molecule has 86 valence electrons. The first-order chi connectivity index (χ1) is 7.27. The zero-order valence-electron chi connectivity index (χ0n) is 9.67. The predicted octanol–water partition coefficient (Wildman–Crippen LogP) is 1.24. The fourth-order valence-electron chi connectivity index (χ4n) is 2.30. The van der Waals surface area contributed by atoms with Gasteiger partial charge in [0.05, 0.1) is 0 Å². The number of piperidine rings is 1. The Bertz CT molecular complexity index is 220. The lowest BCUT2D eigenvalue weighted by atomic mass is 9.96. The summed E-state index contributed by atoms with van der Waals surface area (Å²) < 4.78 is 0. The van der Waals surface area contributed by atoms with Crippen LogP contribution in [0, 0.1) is 11.8 Å². The molecule has 1 N–H and O–H groups in total. The van der Waals surface area contributed by atoms with Gasteiger partial charge >= 0.3 is 0 Å². The third kappa shape index (κ3) is 3.20. The van der Waals surface area contributed by atoms with Gasteiger partial charge in [-0.3, -0.25) is 4.79 Å². The van der Waals surface area contributed by atoms with E-state index in [0.717, 1.165) is 31.8 Å². The Morgan fingerprint density at radius 1 is 1.40 bits per heavy atom. The molecule has 1 atom stereocenters. The van der Waals surface area contributed by atoms with Gasteiger partial charge in [0.15, 0.2) is 0 Å². The molecule has 15 heavy (non-hydrogen) atoms. The maximum absolute atomic E-state index is 11.7. The molecule has 0 spiro atoms. The van der Waals surface area contributed by atoms with Gasteiger partial charge in [-0.15, -0.1) is 0 Å². The maximum Gasteiger partial charge on any atom is 0.225 e. The highest BCUT2D eigenvalue weighted by Crippen LogP contribution is 2.30. The van der Waals surface area contributed by atoms with Crippen LogP contribution >= 0.6 is 0 Å². The fourth-order valence-corrected chi connectivity index (χ4v) is 2.30. The van der Waals surface area contributed by atoms with E-state index in [-0.39, 0.29) is 0 Å². The number of carbonyl (C=O) groups excluding carboxylic acids is 1. The van der Waals surface area contributed by atoms with Gasteiger partial charge < -0.3 is 10.2 Å². The molecule has 2 aliphatic rings. The van der Waals surface area contributed by atoms with Crippen molar-refractivity contribution in [3.8, 4) is 0 Å². The Kier molecular flexibility index (Phi) is 3.62. The molecule has 1 heterocycles. The lowest BCUT2D eigenvalue weighted by Crippen LogP contribution is -2.34. The Labute approximate surface area is 92.2 Å². The minimum Gasteiger partial charge on any atom is -0.346 e. The van der Waals surface area contributed by atoms with Crippen LogP contribution in [0.15, 0.2) is 0 Å². The van der Waals surface area contributed by atoms with Gasteiger partial charge in [-0.2, -0.15) is 0 Å². The zero-order chi connectivity index (χ0) is 10.7. The third-order valence-electron chi connectivity index (χ3n) is 3.57. The van der Waals surface area contributed by atoms with E-state index >= 15 is 0 Å². The van der Waals surface area contributed by atoms with E-state index in [9.17, 15) is 4.79 Å². The van der Waals surface area contributed by atoms with Crippen LogP contribution in [-0.4, -0.2) is 37.5 Å².